The zero-order valence-corrected chi connectivity index (χ0v) is 7.49. The van der Waals surface area contributed by atoms with Gasteiger partial charge < -0.3 is 16.2 Å². The lowest BCUT2D eigenvalue weighted by molar-refractivity contribution is -0.138. The monoisotopic (exact) mass is 194 g/mol. The van der Waals surface area contributed by atoms with Gasteiger partial charge in [0.15, 0.2) is 0 Å². The van der Waals surface area contributed by atoms with E-state index in [1.54, 1.807) is 0 Å². The normalized spacial score (nSPS) is 12.2. The number of thiocarbonyl (C=S) groups is 1. The van der Waals surface area contributed by atoms with E-state index in [4.69, 9.17) is 23.1 Å². The molecule has 0 aromatic rings. The number of hydrogen-bond donors (Lipinski definition) is 4. The highest BCUT2D eigenvalue weighted by Gasteiger charge is 2.12. The number of carboxylic acids is 1. The maximum atomic E-state index is 10.2. The molecule has 0 aromatic heterocycles. The summed E-state index contributed by atoms with van der Waals surface area (Å²) in [6, 6.07) is -0.921. The summed E-state index contributed by atoms with van der Waals surface area (Å²) in [6.45, 7) is 0. The van der Waals surface area contributed by atoms with E-state index in [9.17, 15) is 4.79 Å². The zero-order chi connectivity index (χ0) is 8.85. The lowest BCUT2D eigenvalue weighted by Crippen LogP contribution is -2.35. The van der Waals surface area contributed by atoms with Crippen LogP contribution in [0.5, 0.6) is 0 Å². The van der Waals surface area contributed by atoms with Gasteiger partial charge in [-0.15, -0.1) is 0 Å². The van der Waals surface area contributed by atoms with Crippen molar-refractivity contribution in [1.82, 2.24) is 5.32 Å². The number of nitrogens with two attached hydrogens (primary N) is 1. The molecule has 0 spiro atoms. The van der Waals surface area contributed by atoms with Gasteiger partial charge in [-0.05, 0) is 0 Å². The fourth-order valence-electron chi connectivity index (χ4n) is 0.447. The van der Waals surface area contributed by atoms with Crippen molar-refractivity contribution in [1.29, 1.82) is 0 Å². The van der Waals surface area contributed by atoms with E-state index in [0.29, 0.717) is 10.9 Å². The van der Waals surface area contributed by atoms with Gasteiger partial charge in [0.1, 0.15) is 6.04 Å². The molecule has 0 bridgehead atoms. The molecule has 64 valence electrons. The Morgan fingerprint density at radius 1 is 1.82 bits per heavy atom. The molecule has 6 heteroatoms. The van der Waals surface area contributed by atoms with Gasteiger partial charge in [0, 0.05) is 6.42 Å². The summed E-state index contributed by atoms with van der Waals surface area (Å²) in [4.78, 5) is 10.6. The second-order valence-electron chi connectivity index (χ2n) is 1.91. The van der Waals surface area contributed by atoms with E-state index in [2.05, 4.69) is 17.9 Å². The van der Waals surface area contributed by atoms with Crippen LogP contribution in [-0.2, 0) is 4.79 Å². The van der Waals surface area contributed by atoms with Crippen LogP contribution >= 0.6 is 24.8 Å². The molecule has 4 N–H and O–H groups in total. The van der Waals surface area contributed by atoms with Crippen LogP contribution in [0.25, 0.3) is 0 Å². The van der Waals surface area contributed by atoms with Crippen molar-refractivity contribution >= 4 is 35.8 Å². The molecule has 1 unspecified atom stereocenters. The number of carbonyl (C=O) groups is 1. The minimum Gasteiger partial charge on any atom is -0.480 e. The van der Waals surface area contributed by atoms with Crippen LogP contribution in [0.4, 0.5) is 0 Å². The highest BCUT2D eigenvalue weighted by Crippen LogP contribution is 1.90. The van der Waals surface area contributed by atoms with Gasteiger partial charge in [-0.1, -0.05) is 12.2 Å². The lowest BCUT2D eigenvalue weighted by Gasteiger charge is -2.07. The van der Waals surface area contributed by atoms with Crippen LogP contribution in [0.2, 0.25) is 0 Å². The first-order chi connectivity index (χ1) is 5.07. The fourth-order valence-corrected chi connectivity index (χ4v) is 0.997. The molecule has 4 nitrogen and oxygen atoms in total. The molecular weight excluding hydrogens is 184 g/mol. The maximum absolute atomic E-state index is 10.2. The Morgan fingerprint density at radius 2 is 2.36 bits per heavy atom. The van der Waals surface area contributed by atoms with Crippen LogP contribution in [0.3, 0.4) is 0 Å². The van der Waals surface area contributed by atoms with Crippen molar-refractivity contribution < 1.29 is 9.90 Å². The van der Waals surface area contributed by atoms with Crippen molar-refractivity contribution in [3.05, 3.63) is 0 Å². The predicted octanol–water partition coefficient (Wildman–Crippen LogP) is -0.407. The zero-order valence-electron chi connectivity index (χ0n) is 5.78. The fraction of sp³-hybridized carbons (Fsp3) is 0.600. The van der Waals surface area contributed by atoms with E-state index in [1.165, 1.54) is 0 Å². The van der Waals surface area contributed by atoms with Crippen molar-refractivity contribution in [3.63, 3.8) is 0 Å². The summed E-state index contributed by atoms with van der Waals surface area (Å²) in [5.41, 5.74) is 5.20. The van der Waals surface area contributed by atoms with Gasteiger partial charge in [0.05, 0.1) is 10.9 Å². The smallest absolute Gasteiger partial charge is 0.320 e. The summed E-state index contributed by atoms with van der Waals surface area (Å²) in [5.74, 6) is -0.654. The molecule has 0 heterocycles. The predicted molar refractivity (Wildman–Crippen MR) is 49.8 cm³/mol. The minimum atomic E-state index is -1.05. The molecule has 0 fully saturated rings. The van der Waals surface area contributed by atoms with Gasteiger partial charge in [-0.25, -0.2) is 0 Å². The molecule has 0 amide bonds. The molecule has 0 aliphatic heterocycles. The highest BCUT2D eigenvalue weighted by atomic mass is 32.1. The Hall–Kier alpha value is -0.330. The van der Waals surface area contributed by atoms with Crippen molar-refractivity contribution in [2.45, 2.75) is 12.5 Å². The molecule has 0 saturated carbocycles. The van der Waals surface area contributed by atoms with Gasteiger partial charge in [-0.3, -0.25) is 4.79 Å². The largest absolute Gasteiger partial charge is 0.480 e. The van der Waals surface area contributed by atoms with E-state index >= 15 is 0 Å². The topological polar surface area (TPSA) is 75.3 Å². The van der Waals surface area contributed by atoms with Crippen LogP contribution in [0.15, 0.2) is 0 Å². The lowest BCUT2D eigenvalue weighted by atomic mass is 10.2. The first kappa shape index (κ1) is 10.7. The molecule has 0 aromatic carbocycles. The summed E-state index contributed by atoms with van der Waals surface area (Å²) in [7, 11) is 0. The number of rotatable bonds is 4. The first-order valence-electron chi connectivity index (χ1n) is 2.94. The Labute approximate surface area is 75.6 Å². The maximum Gasteiger partial charge on any atom is 0.320 e. The second-order valence-corrected chi connectivity index (χ2v) is 2.72. The van der Waals surface area contributed by atoms with Gasteiger partial charge >= 0.3 is 5.97 Å². The van der Waals surface area contributed by atoms with Crippen molar-refractivity contribution in [2.24, 2.45) is 5.73 Å². The highest BCUT2D eigenvalue weighted by molar-refractivity contribution is 7.81. The van der Waals surface area contributed by atoms with E-state index in [1.807, 2.05) is 0 Å². The van der Waals surface area contributed by atoms with E-state index < -0.39 is 12.0 Å². The standard InChI is InChI=1S/C5H10N2O2S2/c6-3(5(8)9)1-4(11)7-2-10/h3,10H,1-2,6H2,(H,7,11)(H,8,9). The van der Waals surface area contributed by atoms with Crippen LogP contribution in [0.1, 0.15) is 6.42 Å². The third-order valence-corrected chi connectivity index (χ3v) is 1.47. The molecule has 0 rings (SSSR count). The molecule has 0 saturated heterocycles. The molecule has 0 aliphatic rings. The molecule has 0 radical (unpaired) electrons. The molecule has 0 aliphatic carbocycles. The summed E-state index contributed by atoms with van der Waals surface area (Å²) in [5, 5.41) is 11.1. The van der Waals surface area contributed by atoms with Crippen LogP contribution in [0, 0.1) is 0 Å². The average Bonchev–Trinajstić information content (AvgIpc) is 1.87. The van der Waals surface area contributed by atoms with Crippen LogP contribution < -0.4 is 11.1 Å². The molecule has 1 atom stereocenters. The molecule has 11 heavy (non-hydrogen) atoms. The summed E-state index contributed by atoms with van der Waals surface area (Å²) in [6.07, 6.45) is 0.158. The van der Waals surface area contributed by atoms with Crippen LogP contribution in [-0.4, -0.2) is 28.0 Å². The summed E-state index contributed by atoms with van der Waals surface area (Å²) >= 11 is 8.59. The van der Waals surface area contributed by atoms with E-state index in [-0.39, 0.29) is 6.42 Å². The summed E-state index contributed by atoms with van der Waals surface area (Å²) < 4.78 is 0. The third kappa shape index (κ3) is 5.00. The first-order valence-corrected chi connectivity index (χ1v) is 3.98. The third-order valence-electron chi connectivity index (χ3n) is 0.999. The minimum absolute atomic E-state index is 0.158. The molecular formula is C5H10N2O2S2. The Balaban J connectivity index is 3.66. The number of thiol groups is 1. The Morgan fingerprint density at radius 3 is 2.73 bits per heavy atom. The number of aliphatic carboxylic acids is 1. The Bertz CT molecular complexity index is 163. The van der Waals surface area contributed by atoms with Gasteiger partial charge in [0.25, 0.3) is 0 Å². The number of hydrogen-bond acceptors (Lipinski definition) is 4. The second kappa shape index (κ2) is 5.34. The van der Waals surface area contributed by atoms with Gasteiger partial charge in [-0.2, -0.15) is 12.6 Å². The Kier molecular flexibility index (Phi) is 5.18. The average molecular weight is 194 g/mol. The van der Waals surface area contributed by atoms with Crippen molar-refractivity contribution in [3.8, 4) is 0 Å². The SMILES string of the molecule is NC(CC(=S)NCS)C(=O)O. The van der Waals surface area contributed by atoms with Crippen molar-refractivity contribution in [2.75, 3.05) is 5.88 Å². The number of carboxylic acid groups (broad SMARTS) is 1. The van der Waals surface area contributed by atoms with E-state index in [0.717, 1.165) is 0 Å². The quantitative estimate of drug-likeness (QED) is 0.278. The number of nitrogens with one attached hydrogen (secondary N) is 1. The van der Waals surface area contributed by atoms with Gasteiger partial charge in [0.2, 0.25) is 0 Å².